The van der Waals surface area contributed by atoms with Crippen molar-refractivity contribution in [2.45, 2.75) is 13.8 Å². The maximum Gasteiger partial charge on any atom is 0.330 e. The molecule has 0 saturated carbocycles. The summed E-state index contributed by atoms with van der Waals surface area (Å²) in [6.07, 6.45) is 3.18. The van der Waals surface area contributed by atoms with Gasteiger partial charge in [0.15, 0.2) is 0 Å². The molecule has 88 valence electrons. The van der Waals surface area contributed by atoms with E-state index in [0.29, 0.717) is 6.61 Å². The van der Waals surface area contributed by atoms with Crippen LogP contribution in [0.25, 0.3) is 16.3 Å². The van der Waals surface area contributed by atoms with Crippen molar-refractivity contribution in [3.8, 4) is 0 Å². The van der Waals surface area contributed by atoms with Crippen LogP contribution in [0.2, 0.25) is 0 Å². The van der Waals surface area contributed by atoms with Gasteiger partial charge in [-0.1, -0.05) is 6.07 Å². The molecule has 0 aliphatic rings. The molecule has 0 N–H and O–H groups in total. The monoisotopic (exact) mass is 247 g/mol. The van der Waals surface area contributed by atoms with Gasteiger partial charge in [0, 0.05) is 6.08 Å². The van der Waals surface area contributed by atoms with Gasteiger partial charge in [0.25, 0.3) is 0 Å². The van der Waals surface area contributed by atoms with Gasteiger partial charge in [-0.15, -0.1) is 11.3 Å². The molecule has 17 heavy (non-hydrogen) atoms. The summed E-state index contributed by atoms with van der Waals surface area (Å²) in [4.78, 5) is 15.6. The van der Waals surface area contributed by atoms with E-state index in [1.54, 1.807) is 24.3 Å². The Morgan fingerprint density at radius 2 is 2.35 bits per heavy atom. The molecule has 0 amide bonds. The summed E-state index contributed by atoms with van der Waals surface area (Å²) in [5.74, 6) is -0.318. The second-order valence-electron chi connectivity index (χ2n) is 3.55. The Hall–Kier alpha value is -1.68. The first kappa shape index (κ1) is 11.8. The Morgan fingerprint density at radius 1 is 1.53 bits per heavy atom. The lowest BCUT2D eigenvalue weighted by atomic mass is 10.2. The molecule has 2 aromatic rings. The van der Waals surface area contributed by atoms with Crippen LogP contribution in [0.3, 0.4) is 0 Å². The van der Waals surface area contributed by atoms with Crippen molar-refractivity contribution < 1.29 is 9.53 Å². The minimum atomic E-state index is -0.318. The van der Waals surface area contributed by atoms with E-state index in [1.165, 1.54) is 6.08 Å². The Labute approximate surface area is 104 Å². The predicted molar refractivity (Wildman–Crippen MR) is 70.0 cm³/mol. The average molecular weight is 247 g/mol. The minimum Gasteiger partial charge on any atom is -0.463 e. The highest BCUT2D eigenvalue weighted by Gasteiger charge is 2.00. The van der Waals surface area contributed by atoms with Crippen LogP contribution in [0.15, 0.2) is 24.3 Å². The van der Waals surface area contributed by atoms with E-state index in [1.807, 2.05) is 25.1 Å². The second-order valence-corrected chi connectivity index (χ2v) is 4.78. The van der Waals surface area contributed by atoms with E-state index >= 15 is 0 Å². The number of ether oxygens (including phenoxy) is 1. The van der Waals surface area contributed by atoms with Crippen molar-refractivity contribution in [2.24, 2.45) is 0 Å². The third kappa shape index (κ3) is 2.91. The molecule has 1 heterocycles. The molecular formula is C13H13NO2S. The van der Waals surface area contributed by atoms with Gasteiger partial charge >= 0.3 is 5.97 Å². The molecule has 0 aliphatic carbocycles. The molecule has 1 aromatic carbocycles. The summed E-state index contributed by atoms with van der Waals surface area (Å²) < 4.78 is 5.98. The molecule has 0 radical (unpaired) electrons. The lowest BCUT2D eigenvalue weighted by Gasteiger charge is -1.95. The van der Waals surface area contributed by atoms with Crippen LogP contribution >= 0.6 is 11.3 Å². The van der Waals surface area contributed by atoms with E-state index in [2.05, 4.69) is 4.98 Å². The number of carbonyl (C=O) groups excluding carboxylic acids is 1. The third-order valence-corrected chi connectivity index (χ3v) is 3.17. The zero-order valence-corrected chi connectivity index (χ0v) is 10.6. The summed E-state index contributed by atoms with van der Waals surface area (Å²) in [6, 6.07) is 5.95. The minimum absolute atomic E-state index is 0.318. The van der Waals surface area contributed by atoms with Crippen LogP contribution in [0.4, 0.5) is 0 Å². The highest BCUT2D eigenvalue weighted by molar-refractivity contribution is 7.18. The van der Waals surface area contributed by atoms with Crippen molar-refractivity contribution in [1.82, 2.24) is 4.98 Å². The van der Waals surface area contributed by atoms with E-state index < -0.39 is 0 Å². The molecule has 0 spiro atoms. The first-order valence-corrected chi connectivity index (χ1v) is 6.22. The SMILES string of the molecule is CCOC(=O)C=Cc1ccc2sc(C)nc2c1. The Balaban J connectivity index is 2.21. The number of rotatable bonds is 3. The van der Waals surface area contributed by atoms with E-state index in [4.69, 9.17) is 4.74 Å². The smallest absolute Gasteiger partial charge is 0.330 e. The maximum atomic E-state index is 11.2. The number of benzene rings is 1. The number of nitrogens with zero attached hydrogens (tertiary/aromatic N) is 1. The van der Waals surface area contributed by atoms with E-state index in [-0.39, 0.29) is 5.97 Å². The quantitative estimate of drug-likeness (QED) is 0.617. The zero-order chi connectivity index (χ0) is 12.3. The van der Waals surface area contributed by atoms with Crippen LogP contribution < -0.4 is 0 Å². The Morgan fingerprint density at radius 3 is 3.12 bits per heavy atom. The third-order valence-electron chi connectivity index (χ3n) is 2.22. The fraction of sp³-hybridized carbons (Fsp3) is 0.231. The predicted octanol–water partition coefficient (Wildman–Crippen LogP) is 3.18. The van der Waals surface area contributed by atoms with Gasteiger partial charge in [-0.25, -0.2) is 9.78 Å². The topological polar surface area (TPSA) is 39.2 Å². The number of carbonyl (C=O) groups is 1. The molecular weight excluding hydrogens is 234 g/mol. The fourth-order valence-electron chi connectivity index (χ4n) is 1.52. The molecule has 0 atom stereocenters. The summed E-state index contributed by atoms with van der Waals surface area (Å²) in [5, 5.41) is 1.05. The van der Waals surface area contributed by atoms with Gasteiger partial charge in [0.2, 0.25) is 0 Å². The molecule has 4 heteroatoms. The number of hydrogen-bond donors (Lipinski definition) is 0. The Bertz CT molecular complexity index is 572. The number of aromatic nitrogens is 1. The van der Waals surface area contributed by atoms with Crippen LogP contribution in [0, 0.1) is 6.92 Å². The van der Waals surface area contributed by atoms with E-state index in [9.17, 15) is 4.79 Å². The number of esters is 1. The van der Waals surface area contributed by atoms with Crippen molar-refractivity contribution in [3.63, 3.8) is 0 Å². The molecule has 0 aliphatic heterocycles. The van der Waals surface area contributed by atoms with Gasteiger partial charge in [-0.2, -0.15) is 0 Å². The molecule has 1 aromatic heterocycles. The normalized spacial score (nSPS) is 11.2. The number of aryl methyl sites for hydroxylation is 1. The van der Waals surface area contributed by atoms with Gasteiger partial charge in [0.05, 0.1) is 21.8 Å². The standard InChI is InChI=1S/C13H13NO2S/c1-3-16-13(15)7-5-10-4-6-12-11(8-10)14-9(2)17-12/h4-8H,3H2,1-2H3. The van der Waals surface area contributed by atoms with Gasteiger partial charge in [-0.3, -0.25) is 0 Å². The first-order chi connectivity index (χ1) is 8.19. The maximum absolute atomic E-state index is 11.2. The number of fused-ring (bicyclic) bond motifs is 1. The van der Waals surface area contributed by atoms with Crippen molar-refractivity contribution in [2.75, 3.05) is 6.61 Å². The average Bonchev–Trinajstić information content (AvgIpc) is 2.66. The highest BCUT2D eigenvalue weighted by Crippen LogP contribution is 2.22. The van der Waals surface area contributed by atoms with Gasteiger partial charge < -0.3 is 4.74 Å². The second kappa shape index (κ2) is 5.10. The molecule has 0 saturated heterocycles. The van der Waals surface area contributed by atoms with E-state index in [0.717, 1.165) is 20.8 Å². The lowest BCUT2D eigenvalue weighted by molar-refractivity contribution is -0.137. The van der Waals surface area contributed by atoms with Gasteiger partial charge in [-0.05, 0) is 37.6 Å². The molecule has 3 nitrogen and oxygen atoms in total. The summed E-state index contributed by atoms with van der Waals surface area (Å²) in [5.41, 5.74) is 1.93. The van der Waals surface area contributed by atoms with Crippen LogP contribution in [0.5, 0.6) is 0 Å². The molecule has 0 bridgehead atoms. The molecule has 0 unspecified atom stereocenters. The lowest BCUT2D eigenvalue weighted by Crippen LogP contribution is -1.98. The number of thiazole rings is 1. The Kier molecular flexibility index (Phi) is 3.54. The first-order valence-electron chi connectivity index (χ1n) is 5.41. The number of hydrogen-bond acceptors (Lipinski definition) is 4. The molecule has 0 fully saturated rings. The van der Waals surface area contributed by atoms with Crippen LogP contribution in [-0.4, -0.2) is 17.6 Å². The van der Waals surface area contributed by atoms with Gasteiger partial charge in [0.1, 0.15) is 0 Å². The zero-order valence-electron chi connectivity index (χ0n) is 9.77. The van der Waals surface area contributed by atoms with Crippen LogP contribution in [-0.2, 0) is 9.53 Å². The largest absolute Gasteiger partial charge is 0.463 e. The summed E-state index contributed by atoms with van der Waals surface area (Å²) in [7, 11) is 0. The van der Waals surface area contributed by atoms with Crippen molar-refractivity contribution >= 4 is 33.6 Å². The summed E-state index contributed by atoms with van der Waals surface area (Å²) >= 11 is 1.67. The fourth-order valence-corrected chi connectivity index (χ4v) is 2.33. The van der Waals surface area contributed by atoms with Crippen LogP contribution in [0.1, 0.15) is 17.5 Å². The van der Waals surface area contributed by atoms with Crippen molar-refractivity contribution in [3.05, 3.63) is 34.8 Å². The summed E-state index contributed by atoms with van der Waals surface area (Å²) in [6.45, 7) is 4.17. The highest BCUT2D eigenvalue weighted by atomic mass is 32.1. The van der Waals surface area contributed by atoms with Crippen molar-refractivity contribution in [1.29, 1.82) is 0 Å². The molecule has 2 rings (SSSR count).